The molecule has 0 spiro atoms. The zero-order valence-electron chi connectivity index (χ0n) is 6.24. The zero-order valence-corrected chi connectivity index (χ0v) is 7.87. The van der Waals surface area contributed by atoms with Gasteiger partial charge in [-0.25, -0.2) is 13.1 Å². The topological polar surface area (TPSA) is 63.2 Å². The maximum absolute atomic E-state index is 10.8. The first-order valence-electron chi connectivity index (χ1n) is 3.29. The lowest BCUT2D eigenvalue weighted by molar-refractivity contribution is 0.569. The molecular formula is C5H11NO3S2. The highest BCUT2D eigenvalue weighted by Gasteiger charge is 2.23. The molecule has 1 fully saturated rings. The summed E-state index contributed by atoms with van der Waals surface area (Å²) < 4.78 is 34.6. The minimum atomic E-state index is -3.12. The number of rotatable bonds is 2. The Morgan fingerprint density at radius 1 is 1.55 bits per heavy atom. The first-order chi connectivity index (χ1) is 4.97. The lowest BCUT2D eigenvalue weighted by Gasteiger charge is -2.06. The van der Waals surface area contributed by atoms with Crippen LogP contribution in [0.1, 0.15) is 6.42 Å². The summed E-state index contributed by atoms with van der Waals surface area (Å²) in [5.74, 6) is 1.08. The number of sulfonamides is 1. The molecule has 0 amide bonds. The van der Waals surface area contributed by atoms with Crippen LogP contribution >= 0.6 is 0 Å². The molecule has 11 heavy (non-hydrogen) atoms. The van der Waals surface area contributed by atoms with Crippen LogP contribution in [-0.2, 0) is 20.8 Å². The third-order valence-corrected chi connectivity index (χ3v) is 3.69. The third-order valence-electron chi connectivity index (χ3n) is 1.46. The second kappa shape index (κ2) is 3.20. The number of hydrogen-bond acceptors (Lipinski definition) is 3. The first kappa shape index (κ1) is 9.15. The van der Waals surface area contributed by atoms with Crippen LogP contribution in [0, 0.1) is 0 Å². The monoisotopic (exact) mass is 197 g/mol. The van der Waals surface area contributed by atoms with E-state index in [1.807, 2.05) is 0 Å². The van der Waals surface area contributed by atoms with Gasteiger partial charge in [0.25, 0.3) is 0 Å². The van der Waals surface area contributed by atoms with Gasteiger partial charge in [0.05, 0.1) is 6.26 Å². The highest BCUT2D eigenvalue weighted by atomic mass is 32.2. The van der Waals surface area contributed by atoms with E-state index in [2.05, 4.69) is 4.72 Å². The molecule has 1 rings (SSSR count). The largest absolute Gasteiger partial charge is 0.260 e. The Morgan fingerprint density at radius 3 is 2.55 bits per heavy atom. The smallest absolute Gasteiger partial charge is 0.208 e. The van der Waals surface area contributed by atoms with Crippen molar-refractivity contribution in [3.63, 3.8) is 0 Å². The van der Waals surface area contributed by atoms with Crippen LogP contribution < -0.4 is 4.72 Å². The predicted molar refractivity (Wildman–Crippen MR) is 44.3 cm³/mol. The third kappa shape index (κ3) is 3.31. The Hall–Kier alpha value is 0.0600. The molecular weight excluding hydrogens is 186 g/mol. The van der Waals surface area contributed by atoms with Crippen LogP contribution in [0.2, 0.25) is 0 Å². The first-order valence-corrected chi connectivity index (χ1v) is 6.67. The van der Waals surface area contributed by atoms with E-state index in [9.17, 15) is 12.6 Å². The minimum Gasteiger partial charge on any atom is -0.260 e. The minimum absolute atomic E-state index is 0.106. The van der Waals surface area contributed by atoms with Gasteiger partial charge in [-0.1, -0.05) is 0 Å². The second-order valence-corrected chi connectivity index (χ2v) is 6.09. The summed E-state index contributed by atoms with van der Waals surface area (Å²) in [7, 11) is -3.93. The average Bonchev–Trinajstić information content (AvgIpc) is 2.10. The summed E-state index contributed by atoms with van der Waals surface area (Å²) >= 11 is 0. The molecule has 1 heterocycles. The van der Waals surface area contributed by atoms with E-state index in [1.54, 1.807) is 0 Å². The van der Waals surface area contributed by atoms with Crippen LogP contribution in [0.3, 0.4) is 0 Å². The van der Waals surface area contributed by atoms with Gasteiger partial charge in [0, 0.05) is 28.3 Å². The molecule has 2 atom stereocenters. The molecule has 0 radical (unpaired) electrons. The quantitative estimate of drug-likeness (QED) is 0.621. The molecule has 0 bridgehead atoms. The Bertz CT molecular complexity index is 259. The van der Waals surface area contributed by atoms with E-state index in [1.165, 1.54) is 0 Å². The molecule has 1 aliphatic heterocycles. The van der Waals surface area contributed by atoms with Crippen LogP contribution in [0.4, 0.5) is 0 Å². The lowest BCUT2D eigenvalue weighted by atomic mass is 10.3. The summed E-state index contributed by atoms with van der Waals surface area (Å²) in [5, 5.41) is 0. The number of nitrogens with one attached hydrogen (secondary N) is 1. The van der Waals surface area contributed by atoms with Crippen molar-refractivity contribution in [1.82, 2.24) is 4.72 Å². The highest BCUT2D eigenvalue weighted by Crippen LogP contribution is 2.07. The van der Waals surface area contributed by atoms with E-state index >= 15 is 0 Å². The van der Waals surface area contributed by atoms with E-state index in [-0.39, 0.29) is 6.04 Å². The highest BCUT2D eigenvalue weighted by molar-refractivity contribution is 7.89. The van der Waals surface area contributed by atoms with Gasteiger partial charge in [-0.2, -0.15) is 0 Å². The Balaban J connectivity index is 2.47. The summed E-state index contributed by atoms with van der Waals surface area (Å²) in [5.41, 5.74) is 0. The SMILES string of the molecule is CS(=O)(=O)NC1CCS(=O)C1. The maximum Gasteiger partial charge on any atom is 0.208 e. The van der Waals surface area contributed by atoms with Crippen molar-refractivity contribution >= 4 is 20.8 Å². The van der Waals surface area contributed by atoms with Crippen LogP contribution in [-0.4, -0.2) is 36.4 Å². The molecule has 1 saturated heterocycles. The van der Waals surface area contributed by atoms with Crippen molar-refractivity contribution in [3.8, 4) is 0 Å². The lowest BCUT2D eigenvalue weighted by Crippen LogP contribution is -2.34. The van der Waals surface area contributed by atoms with Crippen molar-refractivity contribution in [2.75, 3.05) is 17.8 Å². The number of hydrogen-bond donors (Lipinski definition) is 1. The summed E-state index contributed by atoms with van der Waals surface area (Å²) in [4.78, 5) is 0. The van der Waals surface area contributed by atoms with Crippen LogP contribution in [0.5, 0.6) is 0 Å². The molecule has 6 heteroatoms. The van der Waals surface area contributed by atoms with Gasteiger partial charge in [-0.3, -0.25) is 4.21 Å². The van der Waals surface area contributed by atoms with Gasteiger partial charge < -0.3 is 0 Å². The Kier molecular flexibility index (Phi) is 2.66. The maximum atomic E-state index is 10.8. The van der Waals surface area contributed by atoms with Crippen molar-refractivity contribution in [2.24, 2.45) is 0 Å². The molecule has 0 saturated carbocycles. The van der Waals surface area contributed by atoms with E-state index in [4.69, 9.17) is 0 Å². The molecule has 1 N–H and O–H groups in total. The molecule has 0 aromatic heterocycles. The second-order valence-electron chi connectivity index (χ2n) is 2.69. The van der Waals surface area contributed by atoms with Gasteiger partial charge in [0.15, 0.2) is 0 Å². The van der Waals surface area contributed by atoms with E-state index in [0.717, 1.165) is 6.26 Å². The molecule has 2 unspecified atom stereocenters. The molecule has 0 aliphatic carbocycles. The Labute approximate surface area is 68.9 Å². The van der Waals surface area contributed by atoms with Crippen LogP contribution in [0.25, 0.3) is 0 Å². The fourth-order valence-electron chi connectivity index (χ4n) is 1.06. The summed E-state index contributed by atoms with van der Waals surface area (Å²) in [6.45, 7) is 0. The molecule has 0 aromatic carbocycles. The zero-order chi connectivity index (χ0) is 8.48. The van der Waals surface area contributed by atoms with Gasteiger partial charge in [-0.05, 0) is 6.42 Å². The van der Waals surface area contributed by atoms with Gasteiger partial charge in [0.1, 0.15) is 0 Å². The molecule has 4 nitrogen and oxygen atoms in total. The molecule has 0 aromatic rings. The fraction of sp³-hybridized carbons (Fsp3) is 1.00. The van der Waals surface area contributed by atoms with Crippen LogP contribution in [0.15, 0.2) is 0 Å². The van der Waals surface area contributed by atoms with Gasteiger partial charge in [-0.15, -0.1) is 0 Å². The van der Waals surface area contributed by atoms with E-state index in [0.29, 0.717) is 17.9 Å². The normalized spacial score (nSPS) is 32.5. The van der Waals surface area contributed by atoms with Crippen molar-refractivity contribution in [1.29, 1.82) is 0 Å². The fourth-order valence-corrected chi connectivity index (χ4v) is 3.39. The standard InChI is InChI=1S/C5H11NO3S2/c1-11(8,9)6-5-2-3-10(7)4-5/h5-6H,2-4H2,1H3. The Morgan fingerprint density at radius 2 is 2.18 bits per heavy atom. The van der Waals surface area contributed by atoms with Crippen molar-refractivity contribution < 1.29 is 12.6 Å². The summed E-state index contributed by atoms with van der Waals surface area (Å²) in [6.07, 6.45) is 1.81. The van der Waals surface area contributed by atoms with Gasteiger partial charge >= 0.3 is 0 Å². The van der Waals surface area contributed by atoms with Crippen molar-refractivity contribution in [3.05, 3.63) is 0 Å². The molecule has 66 valence electrons. The summed E-state index contributed by atoms with van der Waals surface area (Å²) in [6, 6.07) is -0.106. The molecule has 1 aliphatic rings. The average molecular weight is 197 g/mol. The predicted octanol–water partition coefficient (Wildman–Crippen LogP) is -0.943. The van der Waals surface area contributed by atoms with E-state index < -0.39 is 20.8 Å². The van der Waals surface area contributed by atoms with Crippen molar-refractivity contribution in [2.45, 2.75) is 12.5 Å². The van der Waals surface area contributed by atoms with Gasteiger partial charge in [0.2, 0.25) is 10.0 Å².